The van der Waals surface area contributed by atoms with Crippen LogP contribution in [0.3, 0.4) is 0 Å². The second-order valence-corrected chi connectivity index (χ2v) is 4.32. The third kappa shape index (κ3) is 4.30. The third-order valence-electron chi connectivity index (χ3n) is 2.29. The second-order valence-electron chi connectivity index (χ2n) is 4.32. The van der Waals surface area contributed by atoms with Gasteiger partial charge in [-0.05, 0) is 17.0 Å². The van der Waals surface area contributed by atoms with Crippen LogP contribution >= 0.6 is 0 Å². The maximum atomic E-state index is 11.5. The van der Waals surface area contributed by atoms with E-state index in [1.807, 2.05) is 24.3 Å². The highest BCUT2D eigenvalue weighted by Crippen LogP contribution is 2.06. The quantitative estimate of drug-likeness (QED) is 0.807. The van der Waals surface area contributed by atoms with E-state index in [2.05, 4.69) is 25.7 Å². The summed E-state index contributed by atoms with van der Waals surface area (Å²) in [5, 5.41) is 2.90. The molecule has 0 aliphatic heterocycles. The zero-order valence-electron chi connectivity index (χ0n) is 9.99. The number of hydrogen-bond acceptors (Lipinski definition) is 1. The first-order valence-electron chi connectivity index (χ1n) is 5.60. The maximum Gasteiger partial charge on any atom is 0.224 e. The van der Waals surface area contributed by atoms with Crippen LogP contribution in [0.4, 0.5) is 0 Å². The van der Waals surface area contributed by atoms with Crippen molar-refractivity contribution in [3.8, 4) is 0 Å². The zero-order valence-corrected chi connectivity index (χ0v) is 9.99. The molecule has 1 rings (SSSR count). The number of carbonyl (C=O) groups is 1. The molecule has 16 heavy (non-hydrogen) atoms. The molecule has 0 radical (unpaired) electrons. The Morgan fingerprint density at radius 1 is 1.38 bits per heavy atom. The van der Waals surface area contributed by atoms with Gasteiger partial charge in [0, 0.05) is 6.54 Å². The number of nitrogens with one attached hydrogen (secondary N) is 1. The Hall–Kier alpha value is -1.57. The van der Waals surface area contributed by atoms with Crippen LogP contribution in [-0.2, 0) is 11.2 Å². The lowest BCUT2D eigenvalue weighted by Gasteiger charge is -2.07. The molecule has 2 heteroatoms. The number of rotatable bonds is 5. The van der Waals surface area contributed by atoms with E-state index in [1.54, 1.807) is 6.08 Å². The summed E-state index contributed by atoms with van der Waals surface area (Å²) in [6.45, 7) is 8.60. The summed E-state index contributed by atoms with van der Waals surface area (Å²) in [5.74, 6) is 0.576. The summed E-state index contributed by atoms with van der Waals surface area (Å²) in [6.07, 6.45) is 2.24. The van der Waals surface area contributed by atoms with Crippen molar-refractivity contribution in [3.05, 3.63) is 42.0 Å². The molecule has 0 unspecified atom stereocenters. The van der Waals surface area contributed by atoms with Crippen molar-refractivity contribution in [1.82, 2.24) is 5.32 Å². The predicted molar refractivity (Wildman–Crippen MR) is 68.1 cm³/mol. The van der Waals surface area contributed by atoms with E-state index in [4.69, 9.17) is 0 Å². The van der Waals surface area contributed by atoms with E-state index in [9.17, 15) is 4.79 Å². The van der Waals surface area contributed by atoms with Crippen LogP contribution in [0.5, 0.6) is 0 Å². The molecule has 1 aromatic rings. The van der Waals surface area contributed by atoms with Crippen LogP contribution in [-0.4, -0.2) is 12.5 Å². The molecule has 1 aromatic carbocycles. The average molecular weight is 217 g/mol. The van der Waals surface area contributed by atoms with Crippen molar-refractivity contribution in [2.45, 2.75) is 20.3 Å². The SMILES string of the molecule is C=Cc1ccc(CC(=O)NCC(C)C)cc1. The first kappa shape index (κ1) is 12.5. The Labute approximate surface area is 97.4 Å². The van der Waals surface area contributed by atoms with Crippen LogP contribution in [0, 0.1) is 5.92 Å². The fourth-order valence-corrected chi connectivity index (χ4v) is 1.34. The Bertz CT molecular complexity index is 352. The molecular formula is C14H19NO. The van der Waals surface area contributed by atoms with Gasteiger partial charge in [0.2, 0.25) is 5.91 Å². The normalized spacial score (nSPS) is 10.2. The van der Waals surface area contributed by atoms with Gasteiger partial charge in [0.15, 0.2) is 0 Å². The largest absolute Gasteiger partial charge is 0.356 e. The molecular weight excluding hydrogens is 198 g/mol. The van der Waals surface area contributed by atoms with Crippen LogP contribution in [0.25, 0.3) is 6.08 Å². The number of carbonyl (C=O) groups excluding carboxylic acids is 1. The van der Waals surface area contributed by atoms with Crippen LogP contribution in [0.2, 0.25) is 0 Å². The summed E-state index contributed by atoms with van der Waals surface area (Å²) in [7, 11) is 0. The van der Waals surface area contributed by atoms with Crippen molar-refractivity contribution in [2.24, 2.45) is 5.92 Å². The van der Waals surface area contributed by atoms with Gasteiger partial charge in [0.25, 0.3) is 0 Å². The fourth-order valence-electron chi connectivity index (χ4n) is 1.34. The van der Waals surface area contributed by atoms with Crippen LogP contribution in [0.15, 0.2) is 30.8 Å². The fraction of sp³-hybridized carbons (Fsp3) is 0.357. The minimum absolute atomic E-state index is 0.0834. The van der Waals surface area contributed by atoms with Crippen molar-refractivity contribution < 1.29 is 4.79 Å². The molecule has 0 spiro atoms. The average Bonchev–Trinajstić information content (AvgIpc) is 2.27. The highest BCUT2D eigenvalue weighted by molar-refractivity contribution is 5.78. The zero-order chi connectivity index (χ0) is 12.0. The molecule has 0 fully saturated rings. The summed E-state index contributed by atoms with van der Waals surface area (Å²) >= 11 is 0. The molecule has 0 bridgehead atoms. The van der Waals surface area contributed by atoms with Gasteiger partial charge in [-0.2, -0.15) is 0 Å². The van der Waals surface area contributed by atoms with E-state index in [-0.39, 0.29) is 5.91 Å². The Balaban J connectivity index is 2.46. The van der Waals surface area contributed by atoms with E-state index >= 15 is 0 Å². The first-order valence-corrected chi connectivity index (χ1v) is 5.60. The Morgan fingerprint density at radius 2 is 2.00 bits per heavy atom. The van der Waals surface area contributed by atoms with Gasteiger partial charge in [-0.1, -0.05) is 50.8 Å². The van der Waals surface area contributed by atoms with E-state index in [0.717, 1.165) is 17.7 Å². The number of benzene rings is 1. The van der Waals surface area contributed by atoms with Crippen LogP contribution < -0.4 is 5.32 Å². The third-order valence-corrected chi connectivity index (χ3v) is 2.29. The number of hydrogen-bond donors (Lipinski definition) is 1. The van der Waals surface area contributed by atoms with Crippen molar-refractivity contribution in [2.75, 3.05) is 6.54 Å². The molecule has 1 N–H and O–H groups in total. The van der Waals surface area contributed by atoms with Gasteiger partial charge in [-0.15, -0.1) is 0 Å². The van der Waals surface area contributed by atoms with Gasteiger partial charge in [0.1, 0.15) is 0 Å². The lowest BCUT2D eigenvalue weighted by Crippen LogP contribution is -2.28. The molecule has 0 heterocycles. The molecule has 0 atom stereocenters. The Kier molecular flexibility index (Phi) is 4.77. The van der Waals surface area contributed by atoms with Crippen molar-refractivity contribution in [3.63, 3.8) is 0 Å². The minimum atomic E-state index is 0.0834. The van der Waals surface area contributed by atoms with E-state index in [1.165, 1.54) is 0 Å². The highest BCUT2D eigenvalue weighted by atomic mass is 16.1. The van der Waals surface area contributed by atoms with Gasteiger partial charge in [-0.25, -0.2) is 0 Å². The summed E-state index contributed by atoms with van der Waals surface area (Å²) in [4.78, 5) is 11.5. The van der Waals surface area contributed by atoms with Gasteiger partial charge in [-0.3, -0.25) is 4.79 Å². The lowest BCUT2D eigenvalue weighted by atomic mass is 10.1. The van der Waals surface area contributed by atoms with Gasteiger partial charge >= 0.3 is 0 Å². The summed E-state index contributed by atoms with van der Waals surface area (Å²) in [5.41, 5.74) is 2.11. The predicted octanol–water partition coefficient (Wildman–Crippen LogP) is 2.64. The minimum Gasteiger partial charge on any atom is -0.356 e. The van der Waals surface area contributed by atoms with Crippen molar-refractivity contribution >= 4 is 12.0 Å². The van der Waals surface area contributed by atoms with E-state index in [0.29, 0.717) is 12.3 Å². The second kappa shape index (κ2) is 6.11. The first-order chi connectivity index (χ1) is 7.61. The lowest BCUT2D eigenvalue weighted by molar-refractivity contribution is -0.120. The molecule has 0 aliphatic rings. The molecule has 1 amide bonds. The molecule has 0 aromatic heterocycles. The number of amides is 1. The maximum absolute atomic E-state index is 11.5. The van der Waals surface area contributed by atoms with Crippen LogP contribution in [0.1, 0.15) is 25.0 Å². The van der Waals surface area contributed by atoms with Crippen molar-refractivity contribution in [1.29, 1.82) is 0 Å². The van der Waals surface area contributed by atoms with E-state index < -0.39 is 0 Å². The molecule has 2 nitrogen and oxygen atoms in total. The molecule has 86 valence electrons. The summed E-state index contributed by atoms with van der Waals surface area (Å²) < 4.78 is 0. The smallest absolute Gasteiger partial charge is 0.224 e. The monoisotopic (exact) mass is 217 g/mol. The standard InChI is InChI=1S/C14H19NO/c1-4-12-5-7-13(8-6-12)9-14(16)15-10-11(2)3/h4-8,11H,1,9-10H2,2-3H3,(H,15,16). The molecule has 0 saturated heterocycles. The molecule has 0 aliphatic carbocycles. The van der Waals surface area contributed by atoms with Gasteiger partial charge < -0.3 is 5.32 Å². The Morgan fingerprint density at radius 3 is 2.50 bits per heavy atom. The highest BCUT2D eigenvalue weighted by Gasteiger charge is 2.03. The topological polar surface area (TPSA) is 29.1 Å². The molecule has 0 saturated carbocycles. The summed E-state index contributed by atoms with van der Waals surface area (Å²) in [6, 6.07) is 7.87. The van der Waals surface area contributed by atoms with Gasteiger partial charge in [0.05, 0.1) is 6.42 Å².